The molecule has 27 heavy (non-hydrogen) atoms. The highest BCUT2D eigenvalue weighted by Crippen LogP contribution is 2.28. The number of hydrogen-bond donors (Lipinski definition) is 1. The first-order valence-corrected chi connectivity index (χ1v) is 8.64. The van der Waals surface area contributed by atoms with E-state index in [9.17, 15) is 10.1 Å². The van der Waals surface area contributed by atoms with Crippen molar-refractivity contribution in [3.05, 3.63) is 66.3 Å². The summed E-state index contributed by atoms with van der Waals surface area (Å²) in [6.07, 6.45) is 8.26. The van der Waals surface area contributed by atoms with E-state index in [0.29, 0.717) is 17.1 Å². The van der Waals surface area contributed by atoms with Crippen molar-refractivity contribution in [1.29, 1.82) is 5.26 Å². The van der Waals surface area contributed by atoms with Crippen molar-refractivity contribution in [2.75, 3.05) is 14.2 Å². The molecule has 5 heteroatoms. The van der Waals surface area contributed by atoms with Crippen LogP contribution in [0.4, 0.5) is 0 Å². The molecule has 0 spiro atoms. The minimum atomic E-state index is -0.442. The SMILES string of the molecule is C=C/C=C(\C=C)C(CCC)NC(=O)/C(C#N)=C/c1ccc(OC)c(OC)c1. The van der Waals surface area contributed by atoms with Crippen molar-refractivity contribution < 1.29 is 14.3 Å². The van der Waals surface area contributed by atoms with Gasteiger partial charge in [-0.1, -0.05) is 50.8 Å². The molecule has 1 rings (SSSR count). The number of allylic oxidation sites excluding steroid dienone is 2. The summed E-state index contributed by atoms with van der Waals surface area (Å²) in [5.41, 5.74) is 1.52. The van der Waals surface area contributed by atoms with Crippen LogP contribution in [0.5, 0.6) is 11.5 Å². The Bertz CT molecular complexity index is 785. The third kappa shape index (κ3) is 6.19. The summed E-state index contributed by atoms with van der Waals surface area (Å²) in [6, 6.07) is 6.91. The monoisotopic (exact) mass is 366 g/mol. The molecule has 1 unspecified atom stereocenters. The topological polar surface area (TPSA) is 71.4 Å². The average Bonchev–Trinajstić information content (AvgIpc) is 2.69. The zero-order valence-electron chi connectivity index (χ0n) is 16.1. The Kier molecular flexibility index (Phi) is 9.18. The molecule has 0 aliphatic rings. The van der Waals surface area contributed by atoms with Gasteiger partial charge >= 0.3 is 0 Å². The van der Waals surface area contributed by atoms with Crippen molar-refractivity contribution in [2.24, 2.45) is 0 Å². The minimum absolute atomic E-state index is 0.00494. The van der Waals surface area contributed by atoms with Gasteiger partial charge in [-0.25, -0.2) is 0 Å². The summed E-state index contributed by atoms with van der Waals surface area (Å²) in [6.45, 7) is 9.50. The number of carbonyl (C=O) groups is 1. The molecule has 142 valence electrons. The van der Waals surface area contributed by atoms with Gasteiger partial charge in [0, 0.05) is 0 Å². The molecule has 1 atom stereocenters. The molecule has 0 aromatic heterocycles. The van der Waals surface area contributed by atoms with Gasteiger partial charge in [0.05, 0.1) is 20.3 Å². The van der Waals surface area contributed by atoms with Crippen LogP contribution in [0, 0.1) is 11.3 Å². The minimum Gasteiger partial charge on any atom is -0.493 e. The first-order valence-electron chi connectivity index (χ1n) is 8.64. The van der Waals surface area contributed by atoms with Crippen LogP contribution < -0.4 is 14.8 Å². The van der Waals surface area contributed by atoms with Crippen LogP contribution in [0.1, 0.15) is 25.3 Å². The van der Waals surface area contributed by atoms with Gasteiger partial charge in [-0.05, 0) is 35.8 Å². The number of ether oxygens (including phenoxy) is 2. The highest BCUT2D eigenvalue weighted by Gasteiger charge is 2.17. The van der Waals surface area contributed by atoms with E-state index in [1.165, 1.54) is 13.2 Å². The van der Waals surface area contributed by atoms with Crippen LogP contribution in [0.2, 0.25) is 0 Å². The van der Waals surface area contributed by atoms with Gasteiger partial charge in [0.25, 0.3) is 5.91 Å². The molecular weight excluding hydrogens is 340 g/mol. The maximum absolute atomic E-state index is 12.6. The quantitative estimate of drug-likeness (QED) is 0.383. The van der Waals surface area contributed by atoms with Gasteiger partial charge in [-0.15, -0.1) is 0 Å². The fourth-order valence-corrected chi connectivity index (χ4v) is 2.57. The van der Waals surface area contributed by atoms with Gasteiger partial charge in [-0.3, -0.25) is 4.79 Å². The Labute approximate surface area is 161 Å². The molecule has 1 amide bonds. The Balaban J connectivity index is 3.13. The normalized spacial score (nSPS) is 12.5. The summed E-state index contributed by atoms with van der Waals surface area (Å²) < 4.78 is 10.5. The van der Waals surface area contributed by atoms with E-state index >= 15 is 0 Å². The van der Waals surface area contributed by atoms with Crippen molar-refractivity contribution in [2.45, 2.75) is 25.8 Å². The summed E-state index contributed by atoms with van der Waals surface area (Å²) in [7, 11) is 3.07. The lowest BCUT2D eigenvalue weighted by Crippen LogP contribution is -2.36. The number of hydrogen-bond acceptors (Lipinski definition) is 4. The standard InChI is InChI=1S/C22H26N2O3/c1-6-9-17(8-3)19(10-7-2)24-22(25)18(15-23)13-16-11-12-20(26-4)21(14-16)27-5/h6,8-9,11-14,19H,1,3,7,10H2,2,4-5H3,(H,24,25)/b17-9+,18-13+. The largest absolute Gasteiger partial charge is 0.493 e. The fraction of sp³-hybridized carbons (Fsp3) is 0.273. The molecule has 0 saturated carbocycles. The fourth-order valence-electron chi connectivity index (χ4n) is 2.57. The first-order chi connectivity index (χ1) is 13.0. The highest BCUT2D eigenvalue weighted by atomic mass is 16.5. The van der Waals surface area contributed by atoms with Gasteiger partial charge in [-0.2, -0.15) is 5.26 Å². The lowest BCUT2D eigenvalue weighted by Gasteiger charge is -2.19. The van der Waals surface area contributed by atoms with Gasteiger partial charge in [0.2, 0.25) is 0 Å². The van der Waals surface area contributed by atoms with Crippen LogP contribution >= 0.6 is 0 Å². The summed E-state index contributed by atoms with van der Waals surface area (Å²) in [5, 5.41) is 12.3. The van der Waals surface area contributed by atoms with E-state index in [0.717, 1.165) is 18.4 Å². The molecule has 0 aliphatic carbocycles. The number of nitrogens with one attached hydrogen (secondary N) is 1. The van der Waals surface area contributed by atoms with Crippen LogP contribution in [0.15, 0.2) is 60.7 Å². The summed E-state index contributed by atoms with van der Waals surface area (Å²) in [5.74, 6) is 0.657. The van der Waals surface area contributed by atoms with Gasteiger partial charge in [0.15, 0.2) is 11.5 Å². The zero-order chi connectivity index (χ0) is 20.2. The van der Waals surface area contributed by atoms with Crippen LogP contribution in [0.25, 0.3) is 6.08 Å². The molecule has 0 bridgehead atoms. The van der Waals surface area contributed by atoms with E-state index in [2.05, 4.69) is 18.5 Å². The van der Waals surface area contributed by atoms with Crippen molar-refractivity contribution >= 4 is 12.0 Å². The maximum atomic E-state index is 12.6. The number of benzene rings is 1. The molecule has 1 aromatic rings. The molecule has 5 nitrogen and oxygen atoms in total. The summed E-state index contributed by atoms with van der Waals surface area (Å²) in [4.78, 5) is 12.6. The van der Waals surface area contributed by atoms with Crippen molar-refractivity contribution in [1.82, 2.24) is 5.32 Å². The molecule has 1 N–H and O–H groups in total. The van der Waals surface area contributed by atoms with E-state index in [1.807, 2.05) is 13.0 Å². The predicted octanol–water partition coefficient (Wildman–Crippen LogP) is 4.19. The Morgan fingerprint density at radius 3 is 2.52 bits per heavy atom. The molecule has 0 heterocycles. The third-order valence-corrected chi connectivity index (χ3v) is 3.91. The highest BCUT2D eigenvalue weighted by molar-refractivity contribution is 6.02. The van der Waals surface area contributed by atoms with Crippen LogP contribution in [-0.2, 0) is 4.79 Å². The van der Waals surface area contributed by atoms with Crippen LogP contribution in [-0.4, -0.2) is 26.2 Å². The summed E-state index contributed by atoms with van der Waals surface area (Å²) >= 11 is 0. The lowest BCUT2D eigenvalue weighted by molar-refractivity contribution is -0.117. The van der Waals surface area contributed by atoms with Gasteiger partial charge < -0.3 is 14.8 Å². The molecule has 0 radical (unpaired) electrons. The molecular formula is C22H26N2O3. The van der Waals surface area contributed by atoms with E-state index < -0.39 is 5.91 Å². The number of nitrogens with zero attached hydrogens (tertiary/aromatic N) is 1. The van der Waals surface area contributed by atoms with Gasteiger partial charge in [0.1, 0.15) is 11.6 Å². The zero-order valence-corrected chi connectivity index (χ0v) is 16.1. The molecule has 0 fully saturated rings. The third-order valence-electron chi connectivity index (χ3n) is 3.91. The lowest BCUT2D eigenvalue weighted by atomic mass is 10.0. The number of carbonyl (C=O) groups excluding carboxylic acids is 1. The van der Waals surface area contributed by atoms with Crippen molar-refractivity contribution in [3.8, 4) is 17.6 Å². The van der Waals surface area contributed by atoms with E-state index in [1.54, 1.807) is 43.5 Å². The number of nitriles is 1. The second-order valence-corrected chi connectivity index (χ2v) is 5.71. The number of rotatable bonds is 10. The second-order valence-electron chi connectivity index (χ2n) is 5.71. The van der Waals surface area contributed by atoms with E-state index in [4.69, 9.17) is 9.47 Å². The maximum Gasteiger partial charge on any atom is 0.262 e. The smallest absolute Gasteiger partial charge is 0.262 e. The molecule has 0 saturated heterocycles. The first kappa shape index (κ1) is 21.8. The Morgan fingerprint density at radius 1 is 1.30 bits per heavy atom. The van der Waals surface area contributed by atoms with E-state index in [-0.39, 0.29) is 11.6 Å². The molecule has 1 aromatic carbocycles. The predicted molar refractivity (Wildman–Crippen MR) is 108 cm³/mol. The molecule has 0 aliphatic heterocycles. The second kappa shape index (κ2) is 11.4. The van der Waals surface area contributed by atoms with Crippen LogP contribution in [0.3, 0.4) is 0 Å². The number of methoxy groups -OCH3 is 2. The van der Waals surface area contributed by atoms with Crippen molar-refractivity contribution in [3.63, 3.8) is 0 Å². The average molecular weight is 366 g/mol. The Hall–Kier alpha value is -3.26. The Morgan fingerprint density at radius 2 is 2.00 bits per heavy atom. The number of amides is 1.